The van der Waals surface area contributed by atoms with Gasteiger partial charge in [0.2, 0.25) is 10.0 Å². The summed E-state index contributed by atoms with van der Waals surface area (Å²) in [7, 11) is 0.752. The molecule has 0 radical (unpaired) electrons. The van der Waals surface area contributed by atoms with Gasteiger partial charge in [0.25, 0.3) is 0 Å². The van der Waals surface area contributed by atoms with E-state index in [1.54, 1.807) is 36.2 Å². The number of allylic oxidation sites excluding steroid dienone is 3. The third-order valence-corrected chi connectivity index (χ3v) is 7.77. The highest BCUT2D eigenvalue weighted by molar-refractivity contribution is 7.89. The monoisotopic (exact) mass is 549 g/mol. The Labute approximate surface area is 228 Å². The number of nitrogens with zero attached hydrogens (tertiary/aromatic N) is 3. The fourth-order valence-electron chi connectivity index (χ4n) is 5.19. The normalized spacial score (nSPS) is 19.2. The molecule has 1 unspecified atom stereocenters. The molecule has 10 nitrogen and oxygen atoms in total. The van der Waals surface area contributed by atoms with Gasteiger partial charge in [0, 0.05) is 30.4 Å². The molecule has 4 rings (SSSR count). The number of nitrogens with one attached hydrogen (secondary N) is 1. The molecule has 1 atom stereocenters. The van der Waals surface area contributed by atoms with Crippen molar-refractivity contribution in [3.8, 4) is 17.6 Å². The van der Waals surface area contributed by atoms with E-state index in [9.17, 15) is 18.5 Å². The summed E-state index contributed by atoms with van der Waals surface area (Å²) in [5, 5.41) is 19.0. The summed E-state index contributed by atoms with van der Waals surface area (Å²) < 4.78 is 34.7. The number of hydrogen-bond acceptors (Lipinski definition) is 8. The molecule has 39 heavy (non-hydrogen) atoms. The minimum Gasteiger partial charge on any atom is -0.493 e. The van der Waals surface area contributed by atoms with Gasteiger partial charge in [-0.3, -0.25) is 14.7 Å². The maximum Gasteiger partial charge on any atom is 0.238 e. The largest absolute Gasteiger partial charge is 0.493 e. The third kappa shape index (κ3) is 5.26. The highest BCUT2D eigenvalue weighted by Crippen LogP contribution is 2.51. The number of ether oxygens (including phenoxy) is 2. The van der Waals surface area contributed by atoms with E-state index in [1.165, 1.54) is 32.7 Å². The lowest BCUT2D eigenvalue weighted by Crippen LogP contribution is -2.43. The van der Waals surface area contributed by atoms with Crippen molar-refractivity contribution in [1.29, 1.82) is 5.26 Å². The first-order valence-electron chi connectivity index (χ1n) is 12.2. The molecule has 0 saturated carbocycles. The molecule has 3 N–H and O–H groups in total. The van der Waals surface area contributed by atoms with Crippen LogP contribution in [-0.4, -0.2) is 41.8 Å². The van der Waals surface area contributed by atoms with E-state index in [-0.39, 0.29) is 16.1 Å². The number of ketones is 1. The number of nitrogens with two attached hydrogens (primary N) is 1. The van der Waals surface area contributed by atoms with Gasteiger partial charge in [-0.1, -0.05) is 19.9 Å². The van der Waals surface area contributed by atoms with E-state index in [0.717, 1.165) is 0 Å². The SMILES string of the molecule is CN=CNC1=C(C#N)C(c2ccc(OC)c(OC)c2)C2=C(CC(C)(C)CC2=O)N1c1ccc(S(N)(=O)=O)cc1. The van der Waals surface area contributed by atoms with E-state index < -0.39 is 15.9 Å². The third-order valence-electron chi connectivity index (χ3n) is 6.84. The molecule has 0 aromatic heterocycles. The summed E-state index contributed by atoms with van der Waals surface area (Å²) >= 11 is 0. The van der Waals surface area contributed by atoms with Crippen LogP contribution in [0.3, 0.4) is 0 Å². The van der Waals surface area contributed by atoms with Gasteiger partial charge in [0.15, 0.2) is 17.3 Å². The van der Waals surface area contributed by atoms with Crippen LogP contribution in [0.1, 0.15) is 38.2 Å². The maximum absolute atomic E-state index is 13.8. The van der Waals surface area contributed by atoms with E-state index in [4.69, 9.17) is 14.6 Å². The number of carbonyl (C=O) groups is 1. The van der Waals surface area contributed by atoms with Crippen molar-refractivity contribution < 1.29 is 22.7 Å². The molecule has 1 heterocycles. The number of anilines is 1. The summed E-state index contributed by atoms with van der Waals surface area (Å²) in [6, 6.07) is 13.7. The summed E-state index contributed by atoms with van der Waals surface area (Å²) in [6.45, 7) is 4.04. The molecule has 1 aliphatic heterocycles. The zero-order chi connectivity index (χ0) is 28.5. The van der Waals surface area contributed by atoms with Crippen LogP contribution in [0.15, 0.2) is 75.0 Å². The van der Waals surface area contributed by atoms with Gasteiger partial charge in [0.05, 0.1) is 43.0 Å². The number of Topliss-reactive ketones (excluding diaryl/α,β-unsaturated/α-hetero) is 1. The molecule has 0 spiro atoms. The van der Waals surface area contributed by atoms with Crippen LogP contribution < -0.4 is 24.8 Å². The summed E-state index contributed by atoms with van der Waals surface area (Å²) in [6.07, 6.45) is 2.30. The number of benzene rings is 2. The molecule has 2 aromatic rings. The molecule has 2 aliphatic rings. The van der Waals surface area contributed by atoms with E-state index >= 15 is 0 Å². The van der Waals surface area contributed by atoms with Crippen LogP contribution in [0.5, 0.6) is 11.5 Å². The number of hydrogen-bond donors (Lipinski definition) is 2. The van der Waals surface area contributed by atoms with E-state index in [2.05, 4.69) is 16.4 Å². The first-order chi connectivity index (χ1) is 18.5. The molecule has 2 aromatic carbocycles. The van der Waals surface area contributed by atoms with Crippen molar-refractivity contribution >= 4 is 27.8 Å². The highest BCUT2D eigenvalue weighted by Gasteiger charge is 2.45. The lowest BCUT2D eigenvalue weighted by Gasteiger charge is -2.44. The van der Waals surface area contributed by atoms with Gasteiger partial charge in [-0.2, -0.15) is 5.26 Å². The Balaban J connectivity index is 2.04. The molecule has 0 bridgehead atoms. The number of carbonyl (C=O) groups excluding carboxylic acids is 1. The number of nitriles is 1. The summed E-state index contributed by atoms with van der Waals surface area (Å²) in [4.78, 5) is 19.6. The Morgan fingerprint density at radius 1 is 1.13 bits per heavy atom. The second-order valence-electron chi connectivity index (χ2n) is 10.1. The zero-order valence-corrected chi connectivity index (χ0v) is 23.3. The lowest BCUT2D eigenvalue weighted by atomic mass is 9.68. The number of primary sulfonamides is 1. The fraction of sp³-hybridized carbons (Fsp3) is 0.321. The minimum absolute atomic E-state index is 0.0465. The molecule has 11 heteroatoms. The summed E-state index contributed by atoms with van der Waals surface area (Å²) in [5.74, 6) is 0.668. The molecular formula is C28H31N5O5S. The van der Waals surface area contributed by atoms with Gasteiger partial charge in [-0.05, 0) is 53.8 Å². The van der Waals surface area contributed by atoms with Crippen molar-refractivity contribution in [3.05, 3.63) is 70.7 Å². The average molecular weight is 550 g/mol. The second kappa shape index (κ2) is 10.6. The Kier molecular flexibility index (Phi) is 7.54. The molecule has 0 amide bonds. The average Bonchev–Trinajstić information content (AvgIpc) is 2.89. The number of rotatable bonds is 7. The van der Waals surface area contributed by atoms with E-state index in [1.807, 2.05) is 19.9 Å². The van der Waals surface area contributed by atoms with E-state index in [0.29, 0.717) is 58.3 Å². The molecule has 1 aliphatic carbocycles. The second-order valence-corrected chi connectivity index (χ2v) is 11.7. The van der Waals surface area contributed by atoms with Crippen molar-refractivity contribution in [1.82, 2.24) is 5.32 Å². The zero-order valence-electron chi connectivity index (χ0n) is 22.5. The molecule has 204 valence electrons. The molecular weight excluding hydrogens is 518 g/mol. The van der Waals surface area contributed by atoms with Crippen LogP contribution >= 0.6 is 0 Å². The predicted molar refractivity (Wildman–Crippen MR) is 148 cm³/mol. The van der Waals surface area contributed by atoms with Crippen LogP contribution in [0.25, 0.3) is 0 Å². The van der Waals surface area contributed by atoms with Crippen LogP contribution in [-0.2, 0) is 14.8 Å². The Bertz CT molecular complexity index is 1550. The Hall–Kier alpha value is -4.14. The minimum atomic E-state index is -3.91. The van der Waals surface area contributed by atoms with Crippen LogP contribution in [0.4, 0.5) is 5.69 Å². The quantitative estimate of drug-likeness (QED) is 0.393. The van der Waals surface area contributed by atoms with Gasteiger partial charge < -0.3 is 14.8 Å². The predicted octanol–water partition coefficient (Wildman–Crippen LogP) is 3.58. The first kappa shape index (κ1) is 27.9. The van der Waals surface area contributed by atoms with Crippen LogP contribution in [0, 0.1) is 16.7 Å². The fourth-order valence-corrected chi connectivity index (χ4v) is 5.70. The maximum atomic E-state index is 13.8. The summed E-state index contributed by atoms with van der Waals surface area (Å²) in [5.41, 5.74) is 2.42. The number of methoxy groups -OCH3 is 2. The number of sulfonamides is 1. The molecule has 0 fully saturated rings. The van der Waals surface area contributed by atoms with Crippen molar-refractivity contribution in [3.63, 3.8) is 0 Å². The van der Waals surface area contributed by atoms with Gasteiger partial charge in [-0.25, -0.2) is 13.6 Å². The standard InChI is InChI=1S/C28H31N5O5S/c1-28(2)13-21-26(22(34)14-28)25(17-6-11-23(37-4)24(12-17)38-5)20(15-29)27(32-16-31-3)33(21)18-7-9-19(10-8-18)39(30,35)36/h6-12,16,25H,13-14H2,1-5H3,(H,31,32)(H2,30,35,36). The van der Waals surface area contributed by atoms with Gasteiger partial charge in [0.1, 0.15) is 5.82 Å². The topological polar surface area (TPSA) is 147 Å². The van der Waals surface area contributed by atoms with Crippen LogP contribution in [0.2, 0.25) is 0 Å². The number of aliphatic imine (C=N–C) groups is 1. The van der Waals surface area contributed by atoms with Gasteiger partial charge in [-0.15, -0.1) is 0 Å². The first-order valence-corrected chi connectivity index (χ1v) is 13.7. The van der Waals surface area contributed by atoms with Gasteiger partial charge >= 0.3 is 0 Å². The van der Waals surface area contributed by atoms with Crippen molar-refractivity contribution in [2.45, 2.75) is 37.5 Å². The molecule has 0 saturated heterocycles. The van der Waals surface area contributed by atoms with Crippen molar-refractivity contribution in [2.75, 3.05) is 26.2 Å². The highest BCUT2D eigenvalue weighted by atomic mass is 32.2. The van der Waals surface area contributed by atoms with Crippen molar-refractivity contribution in [2.24, 2.45) is 15.5 Å². The Morgan fingerprint density at radius 2 is 1.79 bits per heavy atom. The Morgan fingerprint density at radius 3 is 2.36 bits per heavy atom. The smallest absolute Gasteiger partial charge is 0.238 e. The lowest BCUT2D eigenvalue weighted by molar-refractivity contribution is -0.118.